The Kier molecular flexibility index (Phi) is 4.54. The molecule has 1 aromatic carbocycles. The first-order valence-corrected chi connectivity index (χ1v) is 7.23. The molecule has 0 saturated carbocycles. The van der Waals surface area contributed by atoms with Crippen molar-refractivity contribution in [1.29, 1.82) is 0 Å². The van der Waals surface area contributed by atoms with Gasteiger partial charge in [-0.15, -0.1) is 0 Å². The fourth-order valence-electron chi connectivity index (χ4n) is 1.49. The first-order valence-electron chi connectivity index (χ1n) is 5.75. The van der Waals surface area contributed by atoms with Gasteiger partial charge in [-0.3, -0.25) is 14.8 Å². The summed E-state index contributed by atoms with van der Waals surface area (Å²) >= 11 is 0. The summed E-state index contributed by atoms with van der Waals surface area (Å²) in [7, 11) is -4.08. The van der Waals surface area contributed by atoms with E-state index in [9.17, 15) is 23.3 Å². The first kappa shape index (κ1) is 16.9. The maximum Gasteiger partial charge on any atom is 0.337 e. The summed E-state index contributed by atoms with van der Waals surface area (Å²) < 4.78 is 28.0. The summed E-state index contributed by atoms with van der Waals surface area (Å²) in [5.74, 6) is -1.40. The highest BCUT2D eigenvalue weighted by molar-refractivity contribution is 7.90. The second-order valence-electron chi connectivity index (χ2n) is 5.25. The Hall–Kier alpha value is -2.20. The lowest BCUT2D eigenvalue weighted by molar-refractivity contribution is -0.384. The van der Waals surface area contributed by atoms with Crippen molar-refractivity contribution < 1.29 is 23.2 Å². The molecule has 1 aromatic rings. The molecule has 3 N–H and O–H groups in total. The van der Waals surface area contributed by atoms with Gasteiger partial charge >= 0.3 is 5.97 Å². The predicted molar refractivity (Wildman–Crippen MR) is 75.5 cm³/mol. The Morgan fingerprint density at radius 1 is 1.33 bits per heavy atom. The minimum absolute atomic E-state index is 0.381. The van der Waals surface area contributed by atoms with Crippen LogP contribution in [0.25, 0.3) is 0 Å². The predicted octanol–water partition coefficient (Wildman–Crippen LogP) is 1.34. The van der Waals surface area contributed by atoms with Gasteiger partial charge < -0.3 is 5.11 Å². The van der Waals surface area contributed by atoms with Crippen LogP contribution in [0.15, 0.2) is 18.2 Å². The van der Waals surface area contributed by atoms with Crippen LogP contribution in [-0.4, -0.2) is 30.0 Å². The average Bonchev–Trinajstić information content (AvgIpc) is 2.23. The lowest BCUT2D eigenvalue weighted by Crippen LogP contribution is -2.43. The molecule has 0 heterocycles. The number of carboxylic acids is 1. The number of hydrogen-bond acceptors (Lipinski definition) is 5. The van der Waals surface area contributed by atoms with Crippen LogP contribution in [0.5, 0.6) is 0 Å². The molecule has 0 unspecified atom stereocenters. The Morgan fingerprint density at radius 3 is 2.33 bits per heavy atom. The Morgan fingerprint density at radius 2 is 1.90 bits per heavy atom. The molecule has 10 heteroatoms. The highest BCUT2D eigenvalue weighted by Gasteiger charge is 2.23. The lowest BCUT2D eigenvalue weighted by atomic mass is 10.1. The van der Waals surface area contributed by atoms with Gasteiger partial charge in [-0.2, -0.15) is 13.1 Å². The van der Waals surface area contributed by atoms with Crippen LogP contribution in [0.3, 0.4) is 0 Å². The van der Waals surface area contributed by atoms with E-state index in [-0.39, 0.29) is 11.3 Å². The van der Waals surface area contributed by atoms with E-state index >= 15 is 0 Å². The number of non-ortho nitro benzene ring substituents is 1. The molecular formula is C11H15N3O6S. The fraction of sp³-hybridized carbons (Fsp3) is 0.364. The third-order valence-electron chi connectivity index (χ3n) is 2.13. The van der Waals surface area contributed by atoms with Gasteiger partial charge in [-0.25, -0.2) is 4.79 Å². The van der Waals surface area contributed by atoms with E-state index in [0.29, 0.717) is 0 Å². The number of nitro groups is 1. The Balaban J connectivity index is 3.25. The van der Waals surface area contributed by atoms with Crippen molar-refractivity contribution in [3.05, 3.63) is 33.9 Å². The number of rotatable bonds is 5. The summed E-state index contributed by atoms with van der Waals surface area (Å²) in [6.07, 6.45) is 0. The average molecular weight is 317 g/mol. The summed E-state index contributed by atoms with van der Waals surface area (Å²) in [6.45, 7) is 4.79. The van der Waals surface area contributed by atoms with Gasteiger partial charge in [0.05, 0.1) is 16.2 Å². The number of carbonyl (C=O) groups is 1. The first-order chi connectivity index (χ1) is 9.41. The van der Waals surface area contributed by atoms with Gasteiger partial charge in [0.1, 0.15) is 0 Å². The maximum absolute atomic E-state index is 11.9. The minimum Gasteiger partial charge on any atom is -0.478 e. The molecule has 116 valence electrons. The van der Waals surface area contributed by atoms with Crippen molar-refractivity contribution in [1.82, 2.24) is 4.72 Å². The quantitative estimate of drug-likeness (QED) is 0.553. The highest BCUT2D eigenvalue weighted by Crippen LogP contribution is 2.23. The molecule has 0 amide bonds. The van der Waals surface area contributed by atoms with E-state index in [4.69, 9.17) is 5.11 Å². The minimum atomic E-state index is -4.08. The Bertz CT molecular complexity index is 678. The zero-order valence-corrected chi connectivity index (χ0v) is 12.4. The molecular weight excluding hydrogens is 302 g/mol. The number of nitro benzene ring substituents is 1. The SMILES string of the molecule is CC(C)(C)NS(=O)(=O)Nc1cc([N+](=O)[O-])ccc1C(=O)O. The molecule has 0 radical (unpaired) electrons. The smallest absolute Gasteiger partial charge is 0.337 e. The number of benzene rings is 1. The largest absolute Gasteiger partial charge is 0.478 e. The standard InChI is InChI=1S/C11H15N3O6S/c1-11(2,3)13-21(19,20)12-9-6-7(14(17)18)4-5-8(9)10(15)16/h4-6,12-13H,1-3H3,(H,15,16). The second kappa shape index (κ2) is 5.66. The number of aromatic carboxylic acids is 1. The lowest BCUT2D eigenvalue weighted by Gasteiger charge is -2.21. The number of nitrogens with zero attached hydrogens (tertiary/aromatic N) is 1. The van der Waals surface area contributed by atoms with Gasteiger partial charge in [0.15, 0.2) is 0 Å². The third-order valence-corrected chi connectivity index (χ3v) is 3.50. The van der Waals surface area contributed by atoms with Crippen molar-refractivity contribution in [3.8, 4) is 0 Å². The molecule has 0 saturated heterocycles. The molecule has 0 bridgehead atoms. The van der Waals surface area contributed by atoms with Gasteiger partial charge in [-0.05, 0) is 26.8 Å². The van der Waals surface area contributed by atoms with Crippen molar-refractivity contribution in [2.75, 3.05) is 4.72 Å². The monoisotopic (exact) mass is 317 g/mol. The van der Waals surface area contributed by atoms with E-state index in [2.05, 4.69) is 4.72 Å². The van der Waals surface area contributed by atoms with Crippen LogP contribution in [0, 0.1) is 10.1 Å². The van der Waals surface area contributed by atoms with Crippen LogP contribution in [0.4, 0.5) is 11.4 Å². The van der Waals surface area contributed by atoms with Crippen LogP contribution >= 0.6 is 0 Å². The summed E-state index contributed by atoms with van der Waals surface area (Å²) in [5.41, 5.74) is -1.99. The van der Waals surface area contributed by atoms with Crippen LogP contribution < -0.4 is 9.44 Å². The van der Waals surface area contributed by atoms with Gasteiger partial charge in [-0.1, -0.05) is 0 Å². The molecule has 0 spiro atoms. The molecule has 0 aliphatic carbocycles. The number of hydrogen-bond donors (Lipinski definition) is 3. The maximum atomic E-state index is 11.9. The van der Waals surface area contributed by atoms with Crippen LogP contribution in [0.2, 0.25) is 0 Å². The van der Waals surface area contributed by atoms with Gasteiger partial charge in [0, 0.05) is 17.7 Å². The van der Waals surface area contributed by atoms with Crippen LogP contribution in [0.1, 0.15) is 31.1 Å². The third kappa shape index (κ3) is 5.00. The van der Waals surface area contributed by atoms with E-state index < -0.39 is 32.3 Å². The van der Waals surface area contributed by atoms with Crippen molar-refractivity contribution in [2.24, 2.45) is 0 Å². The molecule has 0 fully saturated rings. The molecule has 0 aromatic heterocycles. The van der Waals surface area contributed by atoms with Gasteiger partial charge in [0.25, 0.3) is 15.9 Å². The molecule has 1 rings (SSSR count). The second-order valence-corrected chi connectivity index (χ2v) is 6.66. The van der Waals surface area contributed by atoms with Crippen molar-refractivity contribution >= 4 is 27.6 Å². The molecule has 9 nitrogen and oxygen atoms in total. The molecule has 0 aliphatic heterocycles. The summed E-state index contributed by atoms with van der Waals surface area (Å²) in [5, 5.41) is 19.7. The van der Waals surface area contributed by atoms with E-state index in [1.54, 1.807) is 20.8 Å². The summed E-state index contributed by atoms with van der Waals surface area (Å²) in [4.78, 5) is 21.0. The van der Waals surface area contributed by atoms with Crippen LogP contribution in [-0.2, 0) is 10.2 Å². The zero-order valence-electron chi connectivity index (χ0n) is 11.6. The van der Waals surface area contributed by atoms with E-state index in [1.165, 1.54) is 0 Å². The number of nitrogens with one attached hydrogen (secondary N) is 2. The fourth-order valence-corrected chi connectivity index (χ4v) is 2.81. The molecule has 21 heavy (non-hydrogen) atoms. The van der Waals surface area contributed by atoms with Gasteiger partial charge in [0.2, 0.25) is 0 Å². The van der Waals surface area contributed by atoms with E-state index in [1.807, 2.05) is 4.72 Å². The normalized spacial score (nSPS) is 12.0. The topological polar surface area (TPSA) is 139 Å². The Labute approximate surface area is 121 Å². The number of carboxylic acid groups (broad SMARTS) is 1. The number of anilines is 1. The summed E-state index contributed by atoms with van der Waals surface area (Å²) in [6, 6.07) is 2.80. The van der Waals surface area contributed by atoms with E-state index in [0.717, 1.165) is 18.2 Å². The zero-order chi connectivity index (χ0) is 16.4. The molecule has 0 atom stereocenters. The van der Waals surface area contributed by atoms with Crippen molar-refractivity contribution in [3.63, 3.8) is 0 Å². The van der Waals surface area contributed by atoms with Crippen molar-refractivity contribution in [2.45, 2.75) is 26.3 Å². The molecule has 0 aliphatic rings. The highest BCUT2D eigenvalue weighted by atomic mass is 32.2.